The number of carbonyl (C=O) groups is 1. The van der Waals surface area contributed by atoms with Crippen molar-refractivity contribution in [2.45, 2.75) is 26.3 Å². The van der Waals surface area contributed by atoms with Gasteiger partial charge in [-0.1, -0.05) is 5.92 Å². The quantitative estimate of drug-likeness (QED) is 0.668. The minimum Gasteiger partial charge on any atom is -0.464 e. The molecule has 0 fully saturated rings. The Labute approximate surface area is 111 Å². The molecule has 0 spiro atoms. The van der Waals surface area contributed by atoms with Crippen molar-refractivity contribution in [3.8, 4) is 18.2 Å². The molecule has 96 valence electrons. The van der Waals surface area contributed by atoms with Gasteiger partial charge in [0, 0.05) is 11.7 Å². The predicted octanol–water partition coefficient (Wildman–Crippen LogP) is 1.67. The van der Waals surface area contributed by atoms with Gasteiger partial charge in [-0.25, -0.2) is 4.98 Å². The van der Waals surface area contributed by atoms with Crippen molar-refractivity contribution in [3.05, 3.63) is 17.0 Å². The normalized spacial score (nSPS) is 10.6. The zero-order chi connectivity index (χ0) is 13.8. The Morgan fingerprint density at radius 3 is 2.83 bits per heavy atom. The van der Waals surface area contributed by atoms with Crippen LogP contribution in [0.5, 0.6) is 5.88 Å². The van der Waals surface area contributed by atoms with Crippen molar-refractivity contribution in [2.24, 2.45) is 0 Å². The van der Waals surface area contributed by atoms with Gasteiger partial charge in [0.25, 0.3) is 5.91 Å². The Kier molecular flexibility index (Phi) is 4.51. The Morgan fingerprint density at radius 2 is 2.28 bits per heavy atom. The monoisotopic (exact) mass is 267 g/mol. The zero-order valence-electron chi connectivity index (χ0n) is 10.5. The van der Waals surface area contributed by atoms with E-state index in [2.05, 4.69) is 21.2 Å². The van der Waals surface area contributed by atoms with E-state index in [9.17, 15) is 4.79 Å². The molecule has 18 heavy (non-hydrogen) atoms. The second-order valence-corrected chi connectivity index (χ2v) is 4.89. The minimum absolute atomic E-state index is 0.00312. The van der Waals surface area contributed by atoms with Gasteiger partial charge < -0.3 is 10.1 Å². The molecule has 0 aliphatic rings. The van der Waals surface area contributed by atoms with Gasteiger partial charge in [-0.3, -0.25) is 4.79 Å². The molecule has 0 saturated carbocycles. The lowest BCUT2D eigenvalue weighted by atomic mass is 10.1. The summed E-state index contributed by atoms with van der Waals surface area (Å²) >= 11 is 5.65. The number of amides is 1. The number of halogens is 1. The highest BCUT2D eigenvalue weighted by atomic mass is 35.5. The lowest BCUT2D eigenvalue weighted by Gasteiger charge is -2.20. The maximum Gasteiger partial charge on any atom is 0.258 e. The number of nitrogens with one attached hydrogen (secondary N) is 1. The van der Waals surface area contributed by atoms with E-state index in [1.165, 1.54) is 6.20 Å². The minimum atomic E-state index is -0.375. The third-order valence-corrected chi connectivity index (χ3v) is 1.93. The predicted molar refractivity (Wildman–Crippen MR) is 68.6 cm³/mol. The fourth-order valence-electron chi connectivity index (χ4n) is 1.13. The second-order valence-electron chi connectivity index (χ2n) is 4.55. The van der Waals surface area contributed by atoms with Crippen molar-refractivity contribution in [1.82, 2.24) is 15.3 Å². The summed E-state index contributed by atoms with van der Waals surface area (Å²) < 4.78 is 5.17. The molecule has 0 aliphatic heterocycles. The molecule has 0 unspecified atom stereocenters. The molecule has 0 aliphatic carbocycles. The number of terminal acetylenes is 1. The van der Waals surface area contributed by atoms with Gasteiger partial charge in [-0.05, 0) is 32.4 Å². The van der Waals surface area contributed by atoms with Crippen LogP contribution in [-0.4, -0.2) is 28.0 Å². The van der Waals surface area contributed by atoms with Crippen LogP contribution in [0.15, 0.2) is 6.20 Å². The van der Waals surface area contributed by atoms with Gasteiger partial charge >= 0.3 is 0 Å². The number of rotatable bonds is 3. The SMILES string of the molecule is C#CCOc1nc(Cl)ncc1C(=O)NC(C)(C)C. The summed E-state index contributed by atoms with van der Waals surface area (Å²) in [6.45, 7) is 5.60. The molecule has 6 heteroatoms. The topological polar surface area (TPSA) is 64.1 Å². The van der Waals surface area contributed by atoms with Gasteiger partial charge in [-0.2, -0.15) is 4.98 Å². The molecule has 0 bridgehead atoms. The molecule has 0 aromatic carbocycles. The standard InChI is InChI=1S/C12H14ClN3O2/c1-5-6-18-10-8(7-14-11(13)15-10)9(17)16-12(2,3)4/h1,7H,6H2,2-4H3,(H,16,17). The summed E-state index contributed by atoms with van der Waals surface area (Å²) in [6.07, 6.45) is 6.40. The zero-order valence-corrected chi connectivity index (χ0v) is 11.2. The highest BCUT2D eigenvalue weighted by molar-refractivity contribution is 6.28. The summed E-state index contributed by atoms with van der Waals surface area (Å²) in [5.74, 6) is 2.03. The third-order valence-electron chi connectivity index (χ3n) is 1.75. The van der Waals surface area contributed by atoms with Crippen LogP contribution in [0.3, 0.4) is 0 Å². The van der Waals surface area contributed by atoms with E-state index in [1.54, 1.807) is 0 Å². The fourth-order valence-corrected chi connectivity index (χ4v) is 1.26. The molecule has 1 amide bonds. The molecule has 1 aromatic heterocycles. The van der Waals surface area contributed by atoms with Gasteiger partial charge in [0.15, 0.2) is 6.61 Å². The highest BCUT2D eigenvalue weighted by Crippen LogP contribution is 2.17. The molecule has 0 saturated heterocycles. The fraction of sp³-hybridized carbons (Fsp3) is 0.417. The molecule has 1 aromatic rings. The van der Waals surface area contributed by atoms with Crippen LogP contribution < -0.4 is 10.1 Å². The van der Waals surface area contributed by atoms with E-state index >= 15 is 0 Å². The number of carbonyl (C=O) groups excluding carboxylic acids is 1. The third kappa shape index (κ3) is 4.22. The van der Waals surface area contributed by atoms with Crippen LogP contribution >= 0.6 is 11.6 Å². The summed E-state index contributed by atoms with van der Waals surface area (Å²) in [4.78, 5) is 19.6. The molecule has 5 nitrogen and oxygen atoms in total. The maximum atomic E-state index is 12.0. The van der Waals surface area contributed by atoms with Crippen LogP contribution in [0, 0.1) is 12.3 Å². The largest absolute Gasteiger partial charge is 0.464 e. The van der Waals surface area contributed by atoms with Crippen LogP contribution in [0.1, 0.15) is 31.1 Å². The van der Waals surface area contributed by atoms with E-state index < -0.39 is 0 Å². The smallest absolute Gasteiger partial charge is 0.258 e. The maximum absolute atomic E-state index is 12.0. The molecule has 1 heterocycles. The number of aromatic nitrogens is 2. The average molecular weight is 268 g/mol. The number of hydrogen-bond acceptors (Lipinski definition) is 4. The Morgan fingerprint density at radius 1 is 1.61 bits per heavy atom. The first-order valence-electron chi connectivity index (χ1n) is 5.25. The molecular weight excluding hydrogens is 254 g/mol. The lowest BCUT2D eigenvalue weighted by molar-refractivity contribution is 0.0914. The first-order chi connectivity index (χ1) is 8.33. The van der Waals surface area contributed by atoms with E-state index in [0.29, 0.717) is 0 Å². The van der Waals surface area contributed by atoms with Crippen LogP contribution in [0.4, 0.5) is 0 Å². The van der Waals surface area contributed by atoms with E-state index in [4.69, 9.17) is 22.8 Å². The lowest BCUT2D eigenvalue weighted by Crippen LogP contribution is -2.40. The number of ether oxygens (including phenoxy) is 1. The molecule has 1 rings (SSSR count). The highest BCUT2D eigenvalue weighted by Gasteiger charge is 2.20. The molecule has 1 N–H and O–H groups in total. The van der Waals surface area contributed by atoms with E-state index in [0.717, 1.165) is 0 Å². The van der Waals surface area contributed by atoms with Crippen LogP contribution in [0.25, 0.3) is 0 Å². The van der Waals surface area contributed by atoms with Gasteiger partial charge in [-0.15, -0.1) is 6.42 Å². The summed E-state index contributed by atoms with van der Waals surface area (Å²) in [7, 11) is 0. The average Bonchev–Trinajstić information content (AvgIpc) is 2.23. The van der Waals surface area contributed by atoms with Crippen molar-refractivity contribution < 1.29 is 9.53 Å². The number of hydrogen-bond donors (Lipinski definition) is 1. The van der Waals surface area contributed by atoms with Crippen molar-refractivity contribution >= 4 is 17.5 Å². The van der Waals surface area contributed by atoms with Gasteiger partial charge in [0.2, 0.25) is 11.2 Å². The van der Waals surface area contributed by atoms with Crippen molar-refractivity contribution in [2.75, 3.05) is 6.61 Å². The Bertz CT molecular complexity index is 489. The van der Waals surface area contributed by atoms with Crippen LogP contribution in [-0.2, 0) is 0 Å². The number of nitrogens with zero attached hydrogens (tertiary/aromatic N) is 2. The molecule has 0 atom stereocenters. The van der Waals surface area contributed by atoms with Crippen molar-refractivity contribution in [1.29, 1.82) is 0 Å². The second kappa shape index (κ2) is 5.69. The summed E-state index contributed by atoms with van der Waals surface area (Å²) in [5, 5.41) is 2.77. The molecule has 0 radical (unpaired) electrons. The van der Waals surface area contributed by atoms with E-state index in [1.807, 2.05) is 20.8 Å². The van der Waals surface area contributed by atoms with Crippen LogP contribution in [0.2, 0.25) is 5.28 Å². The Balaban J connectivity index is 3.00. The van der Waals surface area contributed by atoms with Gasteiger partial charge in [0.1, 0.15) is 5.56 Å². The first kappa shape index (κ1) is 14.3. The van der Waals surface area contributed by atoms with Gasteiger partial charge in [0.05, 0.1) is 0 Å². The summed E-state index contributed by atoms with van der Waals surface area (Å²) in [6, 6.07) is 0. The first-order valence-corrected chi connectivity index (χ1v) is 5.62. The van der Waals surface area contributed by atoms with Crippen molar-refractivity contribution in [3.63, 3.8) is 0 Å². The Hall–Kier alpha value is -1.80. The van der Waals surface area contributed by atoms with E-state index in [-0.39, 0.29) is 34.8 Å². The molecular formula is C12H14ClN3O2. The summed E-state index contributed by atoms with van der Waals surface area (Å²) in [5.41, 5.74) is -0.176.